The molecule has 20 heavy (non-hydrogen) atoms. The fourth-order valence-corrected chi connectivity index (χ4v) is 2.43. The summed E-state index contributed by atoms with van der Waals surface area (Å²) < 4.78 is 10.5. The van der Waals surface area contributed by atoms with E-state index in [9.17, 15) is 14.7 Å². The number of amides is 2. The summed E-state index contributed by atoms with van der Waals surface area (Å²) in [5.74, 6) is -1.01. The summed E-state index contributed by atoms with van der Waals surface area (Å²) in [5, 5.41) is 12.0. The van der Waals surface area contributed by atoms with Crippen molar-refractivity contribution in [3.63, 3.8) is 0 Å². The molecular formula is C13H24N2O5. The minimum absolute atomic E-state index is 0.187. The number of carbonyl (C=O) groups is 2. The van der Waals surface area contributed by atoms with Crippen LogP contribution in [0, 0.1) is 0 Å². The van der Waals surface area contributed by atoms with E-state index < -0.39 is 17.5 Å². The van der Waals surface area contributed by atoms with Gasteiger partial charge in [-0.3, -0.25) is 0 Å². The summed E-state index contributed by atoms with van der Waals surface area (Å²) in [4.78, 5) is 25.2. The van der Waals surface area contributed by atoms with E-state index in [-0.39, 0.29) is 12.2 Å². The molecule has 7 heteroatoms. The van der Waals surface area contributed by atoms with Gasteiger partial charge in [0.2, 0.25) is 0 Å². The van der Waals surface area contributed by atoms with Gasteiger partial charge in [0.25, 0.3) is 0 Å². The van der Waals surface area contributed by atoms with Gasteiger partial charge in [-0.2, -0.15) is 0 Å². The number of nitrogens with zero attached hydrogens (tertiary/aromatic N) is 1. The van der Waals surface area contributed by atoms with Crippen LogP contribution in [0.4, 0.5) is 4.79 Å². The van der Waals surface area contributed by atoms with Crippen LogP contribution < -0.4 is 5.32 Å². The van der Waals surface area contributed by atoms with Crippen molar-refractivity contribution < 1.29 is 24.2 Å². The maximum Gasteiger partial charge on any atom is 0.329 e. The molecule has 2 unspecified atom stereocenters. The Bertz CT molecular complexity index is 345. The van der Waals surface area contributed by atoms with Gasteiger partial charge in [-0.25, -0.2) is 9.59 Å². The highest BCUT2D eigenvalue weighted by Gasteiger charge is 2.41. The number of rotatable bonds is 6. The largest absolute Gasteiger partial charge is 0.480 e. The molecule has 7 nitrogen and oxygen atoms in total. The predicted octanol–water partition coefficient (Wildman–Crippen LogP) is 0.685. The smallest absolute Gasteiger partial charge is 0.329 e. The Morgan fingerprint density at radius 3 is 1.95 bits per heavy atom. The number of urea groups is 1. The number of hydrogen-bond donors (Lipinski definition) is 2. The molecule has 2 N–H and O–H groups in total. The molecule has 0 aromatic carbocycles. The maximum atomic E-state index is 12.2. The van der Waals surface area contributed by atoms with Gasteiger partial charge in [0, 0.05) is 14.2 Å². The molecule has 1 rings (SSSR count). The van der Waals surface area contributed by atoms with Crippen LogP contribution in [0.1, 0.15) is 26.7 Å². The Labute approximate surface area is 119 Å². The molecule has 0 radical (unpaired) electrons. The summed E-state index contributed by atoms with van der Waals surface area (Å²) in [6.45, 7) is 4.28. The van der Waals surface area contributed by atoms with E-state index in [4.69, 9.17) is 9.47 Å². The third kappa shape index (κ3) is 3.21. The second-order valence-corrected chi connectivity index (χ2v) is 4.98. The minimum Gasteiger partial charge on any atom is -0.480 e. The Balaban J connectivity index is 2.74. The van der Waals surface area contributed by atoms with Crippen LogP contribution in [-0.2, 0) is 14.3 Å². The van der Waals surface area contributed by atoms with Gasteiger partial charge in [-0.15, -0.1) is 0 Å². The zero-order valence-electron chi connectivity index (χ0n) is 12.5. The first-order chi connectivity index (χ1) is 9.43. The van der Waals surface area contributed by atoms with Crippen molar-refractivity contribution in [1.82, 2.24) is 10.2 Å². The lowest BCUT2D eigenvalue weighted by Crippen LogP contribution is -2.57. The standard InChI is InChI=1S/C13H24N2O5/c1-5-13(6-2,11(16)17)14-12(18)15-7-9(19-3)10(8-15)20-4/h9-10H,5-8H2,1-4H3,(H,14,18)(H,16,17). The molecule has 1 aliphatic rings. The van der Waals surface area contributed by atoms with E-state index in [0.717, 1.165) is 0 Å². The first-order valence-electron chi connectivity index (χ1n) is 6.80. The number of aliphatic carboxylic acids is 1. The van der Waals surface area contributed by atoms with Gasteiger partial charge in [0.15, 0.2) is 0 Å². The minimum atomic E-state index is -1.22. The normalized spacial score (nSPS) is 22.9. The highest BCUT2D eigenvalue weighted by molar-refractivity contribution is 5.86. The zero-order valence-corrected chi connectivity index (χ0v) is 12.5. The van der Waals surface area contributed by atoms with Crippen molar-refractivity contribution in [3.8, 4) is 0 Å². The zero-order chi connectivity index (χ0) is 15.3. The fraction of sp³-hybridized carbons (Fsp3) is 0.846. The van der Waals surface area contributed by atoms with E-state index in [1.807, 2.05) is 0 Å². The van der Waals surface area contributed by atoms with Crippen molar-refractivity contribution in [3.05, 3.63) is 0 Å². The fourth-order valence-electron chi connectivity index (χ4n) is 2.43. The van der Waals surface area contributed by atoms with E-state index in [2.05, 4.69) is 5.32 Å². The Kier molecular flexibility index (Phi) is 5.76. The molecule has 0 bridgehead atoms. The summed E-state index contributed by atoms with van der Waals surface area (Å²) in [6, 6.07) is -0.391. The van der Waals surface area contributed by atoms with Gasteiger partial charge < -0.3 is 24.8 Å². The van der Waals surface area contributed by atoms with Crippen molar-refractivity contribution in [2.24, 2.45) is 0 Å². The first-order valence-corrected chi connectivity index (χ1v) is 6.80. The van der Waals surface area contributed by atoms with Gasteiger partial charge in [0.1, 0.15) is 17.7 Å². The van der Waals surface area contributed by atoms with Crippen LogP contribution in [-0.4, -0.2) is 67.1 Å². The SMILES string of the molecule is CCC(CC)(NC(=O)N1CC(OC)C(OC)C1)C(=O)O. The summed E-state index contributed by atoms with van der Waals surface area (Å²) in [7, 11) is 3.13. The topological polar surface area (TPSA) is 88.1 Å². The third-order valence-electron chi connectivity index (χ3n) is 4.07. The molecule has 1 aliphatic heterocycles. The number of carbonyl (C=O) groups excluding carboxylic acids is 1. The molecule has 0 saturated carbocycles. The van der Waals surface area contributed by atoms with Gasteiger partial charge in [0.05, 0.1) is 13.1 Å². The van der Waals surface area contributed by atoms with E-state index in [1.54, 1.807) is 28.1 Å². The van der Waals surface area contributed by atoms with Gasteiger partial charge in [-0.1, -0.05) is 13.8 Å². The number of carboxylic acid groups (broad SMARTS) is 1. The number of hydrogen-bond acceptors (Lipinski definition) is 4. The van der Waals surface area contributed by atoms with E-state index in [1.165, 1.54) is 4.90 Å². The third-order valence-corrected chi connectivity index (χ3v) is 4.07. The van der Waals surface area contributed by atoms with Crippen LogP contribution in [0.25, 0.3) is 0 Å². The van der Waals surface area contributed by atoms with Gasteiger partial charge in [-0.05, 0) is 12.8 Å². The second kappa shape index (κ2) is 6.90. The van der Waals surface area contributed by atoms with Crippen LogP contribution in [0.2, 0.25) is 0 Å². The average molecular weight is 288 g/mol. The quantitative estimate of drug-likeness (QED) is 0.750. The summed E-state index contributed by atoms with van der Waals surface area (Å²) in [6.07, 6.45) is 0.293. The Morgan fingerprint density at radius 2 is 1.65 bits per heavy atom. The highest BCUT2D eigenvalue weighted by atomic mass is 16.5. The lowest BCUT2D eigenvalue weighted by Gasteiger charge is -2.30. The number of carboxylic acids is 1. The first kappa shape index (κ1) is 16.7. The monoisotopic (exact) mass is 288 g/mol. The van der Waals surface area contributed by atoms with Crippen molar-refractivity contribution in [2.75, 3.05) is 27.3 Å². The molecule has 2 atom stereocenters. The molecule has 0 aromatic rings. The molecule has 1 heterocycles. The maximum absolute atomic E-state index is 12.2. The van der Waals surface area contributed by atoms with E-state index >= 15 is 0 Å². The molecular weight excluding hydrogens is 264 g/mol. The molecule has 0 aromatic heterocycles. The van der Waals surface area contributed by atoms with Crippen molar-refractivity contribution >= 4 is 12.0 Å². The highest BCUT2D eigenvalue weighted by Crippen LogP contribution is 2.19. The van der Waals surface area contributed by atoms with Crippen molar-refractivity contribution in [1.29, 1.82) is 0 Å². The number of methoxy groups -OCH3 is 2. The predicted molar refractivity (Wildman–Crippen MR) is 72.6 cm³/mol. The molecule has 1 saturated heterocycles. The number of likely N-dealkylation sites (tertiary alicyclic amines) is 1. The molecule has 0 aliphatic carbocycles. The summed E-state index contributed by atoms with van der Waals surface area (Å²) >= 11 is 0. The van der Waals surface area contributed by atoms with Crippen LogP contribution in [0.5, 0.6) is 0 Å². The van der Waals surface area contributed by atoms with E-state index in [0.29, 0.717) is 25.9 Å². The van der Waals surface area contributed by atoms with Gasteiger partial charge >= 0.3 is 12.0 Å². The lowest BCUT2D eigenvalue weighted by molar-refractivity contribution is -0.144. The molecule has 116 valence electrons. The average Bonchev–Trinajstić information content (AvgIpc) is 2.87. The Hall–Kier alpha value is -1.34. The molecule has 0 spiro atoms. The van der Waals surface area contributed by atoms with Crippen LogP contribution >= 0.6 is 0 Å². The lowest BCUT2D eigenvalue weighted by atomic mass is 9.93. The molecule has 2 amide bonds. The second-order valence-electron chi connectivity index (χ2n) is 4.98. The summed E-state index contributed by atoms with van der Waals surface area (Å²) in [5.41, 5.74) is -1.22. The number of nitrogens with one attached hydrogen (secondary N) is 1. The van der Waals surface area contributed by atoms with Crippen molar-refractivity contribution in [2.45, 2.75) is 44.4 Å². The number of ether oxygens (including phenoxy) is 2. The van der Waals surface area contributed by atoms with Crippen LogP contribution in [0.15, 0.2) is 0 Å². The van der Waals surface area contributed by atoms with Crippen LogP contribution in [0.3, 0.4) is 0 Å². The molecule has 1 fully saturated rings. The Morgan fingerprint density at radius 1 is 1.20 bits per heavy atom.